The van der Waals surface area contributed by atoms with E-state index < -0.39 is 11.4 Å². The number of primary amides is 1. The molecule has 1 aromatic rings. The summed E-state index contributed by atoms with van der Waals surface area (Å²) in [6, 6.07) is 6.53. The van der Waals surface area contributed by atoms with Gasteiger partial charge in [-0.15, -0.1) is 0 Å². The van der Waals surface area contributed by atoms with Crippen LogP contribution in [0, 0.1) is 5.82 Å². The molecular formula is C13H20FN3O. The summed E-state index contributed by atoms with van der Waals surface area (Å²) >= 11 is 0. The summed E-state index contributed by atoms with van der Waals surface area (Å²) in [5.41, 5.74) is 10.4. The van der Waals surface area contributed by atoms with Gasteiger partial charge in [0.25, 0.3) is 0 Å². The number of para-hydroxylation sites is 1. The van der Waals surface area contributed by atoms with Gasteiger partial charge in [-0.2, -0.15) is 0 Å². The lowest BCUT2D eigenvalue weighted by Gasteiger charge is -2.28. The molecule has 0 heterocycles. The first-order valence-corrected chi connectivity index (χ1v) is 5.96. The molecule has 1 aromatic carbocycles. The lowest BCUT2D eigenvalue weighted by atomic mass is 9.98. The normalized spacial score (nSPS) is 14.0. The van der Waals surface area contributed by atoms with E-state index in [0.717, 1.165) is 0 Å². The molecule has 0 bridgehead atoms. The molecule has 0 saturated carbocycles. The van der Waals surface area contributed by atoms with Gasteiger partial charge in [-0.3, -0.25) is 4.79 Å². The monoisotopic (exact) mass is 253 g/mol. The highest BCUT2D eigenvalue weighted by atomic mass is 19.1. The quantitative estimate of drug-likeness (QED) is 0.801. The number of nitrogens with two attached hydrogens (primary N) is 2. The van der Waals surface area contributed by atoms with Crippen molar-refractivity contribution >= 4 is 11.6 Å². The first kappa shape index (κ1) is 14.4. The lowest BCUT2D eigenvalue weighted by molar-refractivity contribution is -0.122. The summed E-state index contributed by atoms with van der Waals surface area (Å²) < 4.78 is 13.6. The lowest BCUT2D eigenvalue weighted by Crippen LogP contribution is -2.51. The molecule has 0 fully saturated rings. The van der Waals surface area contributed by atoms with Gasteiger partial charge in [0, 0.05) is 13.1 Å². The minimum atomic E-state index is -1.07. The van der Waals surface area contributed by atoms with Crippen molar-refractivity contribution in [2.75, 3.05) is 18.0 Å². The Morgan fingerprint density at radius 1 is 1.44 bits per heavy atom. The van der Waals surface area contributed by atoms with Crippen molar-refractivity contribution in [3.63, 3.8) is 0 Å². The summed E-state index contributed by atoms with van der Waals surface area (Å²) in [4.78, 5) is 13.0. The second-order valence-electron chi connectivity index (χ2n) is 4.56. The van der Waals surface area contributed by atoms with Crippen LogP contribution < -0.4 is 16.4 Å². The molecule has 4 N–H and O–H groups in total. The smallest absolute Gasteiger partial charge is 0.237 e. The van der Waals surface area contributed by atoms with Crippen LogP contribution in [0.1, 0.15) is 20.3 Å². The van der Waals surface area contributed by atoms with E-state index in [-0.39, 0.29) is 5.82 Å². The fraction of sp³-hybridized carbons (Fsp3) is 0.462. The predicted octanol–water partition coefficient (Wildman–Crippen LogP) is 1.24. The fourth-order valence-corrected chi connectivity index (χ4v) is 1.65. The highest BCUT2D eigenvalue weighted by Crippen LogP contribution is 2.19. The van der Waals surface area contributed by atoms with E-state index in [1.54, 1.807) is 25.1 Å². The standard InChI is InChI=1S/C13H20FN3O/c1-3-17(9-8-13(2,16)12(15)18)11-7-5-4-6-10(11)14/h4-7H,3,8-9,16H2,1-2H3,(H2,15,18). The topological polar surface area (TPSA) is 72.3 Å². The van der Waals surface area contributed by atoms with Gasteiger partial charge in [-0.25, -0.2) is 4.39 Å². The van der Waals surface area contributed by atoms with Crippen LogP contribution in [0.3, 0.4) is 0 Å². The van der Waals surface area contributed by atoms with Gasteiger partial charge in [0.2, 0.25) is 5.91 Å². The van der Waals surface area contributed by atoms with Gasteiger partial charge in [-0.05, 0) is 32.4 Å². The van der Waals surface area contributed by atoms with Gasteiger partial charge in [0.05, 0.1) is 11.2 Å². The van der Waals surface area contributed by atoms with E-state index in [1.807, 2.05) is 11.8 Å². The zero-order valence-corrected chi connectivity index (χ0v) is 10.8. The number of carbonyl (C=O) groups excluding carboxylic acids is 1. The van der Waals surface area contributed by atoms with Crippen molar-refractivity contribution in [3.05, 3.63) is 30.1 Å². The molecule has 0 aliphatic heterocycles. The Morgan fingerprint density at radius 3 is 2.56 bits per heavy atom. The summed E-state index contributed by atoms with van der Waals surface area (Å²) in [7, 11) is 0. The third kappa shape index (κ3) is 3.43. The fourth-order valence-electron chi connectivity index (χ4n) is 1.65. The molecule has 0 saturated heterocycles. The highest BCUT2D eigenvalue weighted by molar-refractivity contribution is 5.83. The molecule has 0 spiro atoms. The van der Waals surface area contributed by atoms with Crippen molar-refractivity contribution in [1.29, 1.82) is 0 Å². The Hall–Kier alpha value is -1.62. The van der Waals surface area contributed by atoms with Crippen molar-refractivity contribution in [2.45, 2.75) is 25.8 Å². The second kappa shape index (κ2) is 5.82. The maximum atomic E-state index is 13.6. The van der Waals surface area contributed by atoms with Crippen LogP contribution >= 0.6 is 0 Å². The third-order valence-corrected chi connectivity index (χ3v) is 3.04. The van der Waals surface area contributed by atoms with Crippen molar-refractivity contribution in [3.8, 4) is 0 Å². The van der Waals surface area contributed by atoms with Crippen molar-refractivity contribution in [1.82, 2.24) is 0 Å². The Bertz CT molecular complexity index is 420. The molecule has 0 radical (unpaired) electrons. The van der Waals surface area contributed by atoms with Crippen LogP contribution in [0.25, 0.3) is 0 Å². The molecule has 1 unspecified atom stereocenters. The molecule has 1 rings (SSSR count). The van der Waals surface area contributed by atoms with Crippen LogP contribution in [0.5, 0.6) is 0 Å². The number of nitrogens with zero attached hydrogens (tertiary/aromatic N) is 1. The molecule has 0 aliphatic carbocycles. The van der Waals surface area contributed by atoms with E-state index in [1.165, 1.54) is 6.07 Å². The van der Waals surface area contributed by atoms with E-state index in [0.29, 0.717) is 25.2 Å². The maximum Gasteiger partial charge on any atom is 0.237 e. The number of benzene rings is 1. The van der Waals surface area contributed by atoms with Crippen molar-refractivity contribution in [2.24, 2.45) is 11.5 Å². The van der Waals surface area contributed by atoms with E-state index in [2.05, 4.69) is 0 Å². The van der Waals surface area contributed by atoms with Crippen LogP contribution in [-0.4, -0.2) is 24.5 Å². The average molecular weight is 253 g/mol. The zero-order chi connectivity index (χ0) is 13.8. The Balaban J connectivity index is 2.75. The van der Waals surface area contributed by atoms with Gasteiger partial charge >= 0.3 is 0 Å². The number of hydrogen-bond acceptors (Lipinski definition) is 3. The number of rotatable bonds is 6. The van der Waals surface area contributed by atoms with Crippen LogP contribution in [-0.2, 0) is 4.79 Å². The van der Waals surface area contributed by atoms with E-state index >= 15 is 0 Å². The molecule has 1 atom stereocenters. The summed E-state index contributed by atoms with van der Waals surface area (Å²) in [6.07, 6.45) is 0.379. The molecule has 5 heteroatoms. The molecule has 18 heavy (non-hydrogen) atoms. The number of halogens is 1. The van der Waals surface area contributed by atoms with Gasteiger partial charge < -0.3 is 16.4 Å². The summed E-state index contributed by atoms with van der Waals surface area (Å²) in [6.45, 7) is 4.62. The first-order chi connectivity index (χ1) is 8.38. The molecule has 0 aliphatic rings. The largest absolute Gasteiger partial charge is 0.369 e. The number of anilines is 1. The maximum absolute atomic E-state index is 13.6. The highest BCUT2D eigenvalue weighted by Gasteiger charge is 2.26. The predicted molar refractivity (Wildman–Crippen MR) is 70.7 cm³/mol. The summed E-state index contributed by atoms with van der Waals surface area (Å²) in [5, 5.41) is 0. The van der Waals surface area contributed by atoms with Crippen LogP contribution in [0.2, 0.25) is 0 Å². The van der Waals surface area contributed by atoms with Gasteiger partial charge in [-0.1, -0.05) is 12.1 Å². The minimum Gasteiger partial charge on any atom is -0.369 e. The van der Waals surface area contributed by atoms with Crippen molar-refractivity contribution < 1.29 is 9.18 Å². The minimum absolute atomic E-state index is 0.280. The number of amides is 1. The number of carbonyl (C=O) groups is 1. The molecule has 1 amide bonds. The second-order valence-corrected chi connectivity index (χ2v) is 4.56. The van der Waals surface area contributed by atoms with Gasteiger partial charge in [0.1, 0.15) is 5.82 Å². The zero-order valence-electron chi connectivity index (χ0n) is 10.8. The average Bonchev–Trinajstić information content (AvgIpc) is 2.31. The van der Waals surface area contributed by atoms with Crippen LogP contribution in [0.15, 0.2) is 24.3 Å². The van der Waals surface area contributed by atoms with Crippen LogP contribution in [0.4, 0.5) is 10.1 Å². The Morgan fingerprint density at radius 2 is 2.06 bits per heavy atom. The Kier molecular flexibility index (Phi) is 4.67. The molecule has 4 nitrogen and oxygen atoms in total. The third-order valence-electron chi connectivity index (χ3n) is 3.04. The number of hydrogen-bond donors (Lipinski definition) is 2. The van der Waals surface area contributed by atoms with E-state index in [4.69, 9.17) is 11.5 Å². The molecule has 100 valence electrons. The molecule has 0 aromatic heterocycles. The van der Waals surface area contributed by atoms with E-state index in [9.17, 15) is 9.18 Å². The van der Waals surface area contributed by atoms with Gasteiger partial charge in [0.15, 0.2) is 0 Å². The first-order valence-electron chi connectivity index (χ1n) is 5.96. The SMILES string of the molecule is CCN(CCC(C)(N)C(N)=O)c1ccccc1F. The Labute approximate surface area is 107 Å². The molecular weight excluding hydrogens is 233 g/mol. The summed E-state index contributed by atoms with van der Waals surface area (Å²) in [5.74, 6) is -0.829.